The van der Waals surface area contributed by atoms with Crippen LogP contribution in [0.15, 0.2) is 0 Å². The molecule has 0 aliphatic heterocycles. The third-order valence-corrected chi connectivity index (χ3v) is 19.6. The topological polar surface area (TPSA) is 0 Å². The lowest BCUT2D eigenvalue weighted by Crippen LogP contribution is -2.54. The zero-order valence-electron chi connectivity index (χ0n) is 6.49. The molecule has 0 saturated carbocycles. The molecule has 0 aromatic carbocycles. The molecule has 10 heteroatoms. The van der Waals surface area contributed by atoms with E-state index in [0.717, 1.165) is 0 Å². The highest BCUT2D eigenvalue weighted by atomic mass is 80.0. The van der Waals surface area contributed by atoms with Gasteiger partial charge in [-0.2, -0.15) is 0 Å². The van der Waals surface area contributed by atoms with Crippen LogP contribution in [-0.2, 0) is 0 Å². The van der Waals surface area contributed by atoms with Crippen LogP contribution in [0.2, 0.25) is 0 Å². The number of rotatable bonds is 3. The van der Waals surface area contributed by atoms with Gasteiger partial charge in [0.05, 0.1) is 0 Å². The van der Waals surface area contributed by atoms with Crippen molar-refractivity contribution in [1.82, 2.24) is 0 Å². The SMILES string of the molecule is BrCC(Br)(Br)C(Br)(Br)C(Br)(Br)C(Br)(Br)Br. The van der Waals surface area contributed by atoms with Gasteiger partial charge in [0.25, 0.3) is 0 Å². The summed E-state index contributed by atoms with van der Waals surface area (Å²) in [4.78, 5) is 0. The van der Waals surface area contributed by atoms with Gasteiger partial charge in [0.15, 0.2) is 2.14 Å². The molecule has 0 N–H and O–H groups in total. The average molecular weight is 861 g/mol. The zero-order valence-corrected chi connectivity index (χ0v) is 22.3. The van der Waals surface area contributed by atoms with E-state index in [2.05, 4.69) is 159 Å². The van der Waals surface area contributed by atoms with Gasteiger partial charge in [0.2, 0.25) is 0 Å². The van der Waals surface area contributed by atoms with Gasteiger partial charge >= 0.3 is 0 Å². The first-order valence-corrected chi connectivity index (χ1v) is 11.3. The Morgan fingerprint density at radius 2 is 0.933 bits per heavy atom. The van der Waals surface area contributed by atoms with E-state index in [0.29, 0.717) is 5.33 Å². The third-order valence-electron chi connectivity index (χ3n) is 1.38. The van der Waals surface area contributed by atoms with Crippen LogP contribution in [0.5, 0.6) is 0 Å². The fourth-order valence-corrected chi connectivity index (χ4v) is 7.36. The maximum atomic E-state index is 3.63. The van der Waals surface area contributed by atoms with Crippen molar-refractivity contribution in [3.63, 3.8) is 0 Å². The minimum Gasteiger partial charge on any atom is -0.0903 e. The van der Waals surface area contributed by atoms with Gasteiger partial charge < -0.3 is 0 Å². The molecule has 0 spiro atoms. The molecule has 0 unspecified atom stereocenters. The van der Waals surface area contributed by atoms with Gasteiger partial charge in [-0.1, -0.05) is 159 Å². The number of hydrogen-bond acceptors (Lipinski definition) is 0. The molecule has 0 rings (SSSR count). The second-order valence-electron chi connectivity index (χ2n) is 2.48. The van der Waals surface area contributed by atoms with E-state index < -0.39 is 11.8 Å². The highest BCUT2D eigenvalue weighted by Gasteiger charge is 2.64. The van der Waals surface area contributed by atoms with Crippen LogP contribution >= 0.6 is 159 Å². The minimum atomic E-state index is -0.596. The van der Waals surface area contributed by atoms with E-state index >= 15 is 0 Å². The second kappa shape index (κ2) is 6.71. The van der Waals surface area contributed by atoms with Gasteiger partial charge in [0.1, 0.15) is 9.70 Å². The van der Waals surface area contributed by atoms with Gasteiger partial charge in [0, 0.05) is 5.33 Å². The molecule has 0 nitrogen and oxygen atoms in total. The predicted molar refractivity (Wildman–Crippen MR) is 105 cm³/mol. The second-order valence-corrected chi connectivity index (χ2v) is 20.5. The van der Waals surface area contributed by atoms with Crippen LogP contribution in [-0.4, -0.2) is 17.2 Å². The summed E-state index contributed by atoms with van der Waals surface area (Å²) in [7, 11) is 0. The monoisotopic (exact) mass is 851 g/mol. The van der Waals surface area contributed by atoms with Crippen molar-refractivity contribution in [3.8, 4) is 0 Å². The Morgan fingerprint density at radius 1 is 0.600 bits per heavy atom. The molecule has 0 aliphatic carbocycles. The van der Waals surface area contributed by atoms with Crippen molar-refractivity contribution in [2.45, 2.75) is 11.8 Å². The molecule has 92 valence electrons. The quantitative estimate of drug-likeness (QED) is 0.256. The number of halogens is 10. The molecule has 0 aromatic rings. The Hall–Kier alpha value is 4.80. The lowest BCUT2D eigenvalue weighted by atomic mass is 10.3. The summed E-state index contributed by atoms with van der Waals surface area (Å²) in [5, 5.41) is 0.665. The molecule has 0 aliphatic rings. The first-order chi connectivity index (χ1) is 6.31. The van der Waals surface area contributed by atoms with Gasteiger partial charge in [-0.05, 0) is 0 Å². The van der Waals surface area contributed by atoms with E-state index in [1.54, 1.807) is 0 Å². The van der Waals surface area contributed by atoms with Crippen molar-refractivity contribution < 1.29 is 0 Å². The largest absolute Gasteiger partial charge is 0.162 e. The van der Waals surface area contributed by atoms with E-state index in [9.17, 15) is 0 Å². The van der Waals surface area contributed by atoms with Crippen molar-refractivity contribution in [3.05, 3.63) is 0 Å². The summed E-state index contributed by atoms with van der Waals surface area (Å²) >= 11 is 35.5. The Kier molecular flexibility index (Phi) is 8.85. The zero-order chi connectivity index (χ0) is 12.7. The van der Waals surface area contributed by atoms with Crippen LogP contribution < -0.4 is 0 Å². The van der Waals surface area contributed by atoms with Crippen molar-refractivity contribution >= 4 is 159 Å². The van der Waals surface area contributed by atoms with Crippen molar-refractivity contribution in [2.24, 2.45) is 0 Å². The maximum absolute atomic E-state index is 3.63. The molecule has 0 aromatic heterocycles. The fraction of sp³-hybridized carbons (Fsp3) is 1.00. The van der Waals surface area contributed by atoms with E-state index in [-0.39, 0.29) is 0 Å². The van der Waals surface area contributed by atoms with Crippen molar-refractivity contribution in [2.75, 3.05) is 5.33 Å². The molecule has 0 saturated heterocycles. The highest BCUT2D eigenvalue weighted by molar-refractivity contribution is 9.42. The maximum Gasteiger partial charge on any atom is 0.162 e. The molecule has 0 atom stereocenters. The summed E-state index contributed by atoms with van der Waals surface area (Å²) in [6, 6.07) is 0. The summed E-state index contributed by atoms with van der Waals surface area (Å²) in [6.07, 6.45) is 0. The molecule has 0 amide bonds. The van der Waals surface area contributed by atoms with Crippen LogP contribution in [0.4, 0.5) is 0 Å². The summed E-state index contributed by atoms with van der Waals surface area (Å²) in [6.45, 7) is 0. The van der Waals surface area contributed by atoms with E-state index in [4.69, 9.17) is 0 Å². The molecule has 15 heavy (non-hydrogen) atoms. The lowest BCUT2D eigenvalue weighted by Gasteiger charge is -2.46. The molecular formula is C5H2Br10. The standard InChI is InChI=1S/C5H2Br10/c6-1-2(7,8)3(9,10)4(11,12)5(13,14)15/h1H2. The summed E-state index contributed by atoms with van der Waals surface area (Å²) in [5.74, 6) is 0. The normalized spacial score (nSPS) is 15.6. The first-order valence-electron chi connectivity index (χ1n) is 3.07. The lowest BCUT2D eigenvalue weighted by molar-refractivity contribution is 0.755. The predicted octanol–water partition coefficient (Wildman–Crippen LogP) is 7.68. The van der Waals surface area contributed by atoms with Crippen LogP contribution in [0.1, 0.15) is 0 Å². The average Bonchev–Trinajstić information content (AvgIpc) is 2.01. The minimum absolute atomic E-state index is 0.430. The van der Waals surface area contributed by atoms with Crippen LogP contribution in [0.3, 0.4) is 0 Å². The van der Waals surface area contributed by atoms with Gasteiger partial charge in [-0.15, -0.1) is 0 Å². The van der Waals surface area contributed by atoms with Gasteiger partial charge in [-0.3, -0.25) is 0 Å². The molecular weight excluding hydrogens is 859 g/mol. The summed E-state index contributed by atoms with van der Waals surface area (Å²) < 4.78 is -2.16. The summed E-state index contributed by atoms with van der Waals surface area (Å²) in [5.41, 5.74) is 0. The third kappa shape index (κ3) is 4.38. The van der Waals surface area contributed by atoms with E-state index in [1.807, 2.05) is 0 Å². The first kappa shape index (κ1) is 19.8. The van der Waals surface area contributed by atoms with Gasteiger partial charge in [-0.25, -0.2) is 0 Å². The van der Waals surface area contributed by atoms with E-state index in [1.165, 1.54) is 0 Å². The highest BCUT2D eigenvalue weighted by Crippen LogP contribution is 2.68. The molecule has 0 radical (unpaired) electrons. The Bertz CT molecular complexity index is 224. The molecule has 0 bridgehead atoms. The van der Waals surface area contributed by atoms with Crippen molar-refractivity contribution in [1.29, 1.82) is 0 Å². The fourth-order valence-electron chi connectivity index (χ4n) is 0.492. The molecule has 0 fully saturated rings. The Balaban J connectivity index is 5.38. The smallest absolute Gasteiger partial charge is 0.0903 e. The van der Waals surface area contributed by atoms with Crippen LogP contribution in [0, 0.1) is 0 Å². The number of alkyl halides is 10. The van der Waals surface area contributed by atoms with Crippen LogP contribution in [0.25, 0.3) is 0 Å². The Morgan fingerprint density at radius 3 is 1.13 bits per heavy atom. The molecule has 0 heterocycles. The number of hydrogen-bond donors (Lipinski definition) is 0. The Labute approximate surface area is 173 Å².